The molecule has 2 aromatic rings. The number of aryl methyl sites for hydroxylation is 1. The number of benzene rings is 1. The quantitative estimate of drug-likeness (QED) is 0.793. The van der Waals surface area contributed by atoms with Gasteiger partial charge in [-0.25, -0.2) is 4.98 Å². The van der Waals surface area contributed by atoms with Crippen LogP contribution in [0.15, 0.2) is 30.6 Å². The summed E-state index contributed by atoms with van der Waals surface area (Å²) in [7, 11) is 1.83. The minimum atomic E-state index is -0.0211. The maximum absolute atomic E-state index is 12.2. The van der Waals surface area contributed by atoms with E-state index in [1.54, 1.807) is 17.0 Å². The Morgan fingerprint density at radius 1 is 1.47 bits per heavy atom. The average Bonchev–Trinajstić information content (AvgIpc) is 2.95. The topological polar surface area (TPSA) is 46.9 Å². The van der Waals surface area contributed by atoms with Crippen LogP contribution in [-0.4, -0.2) is 21.9 Å². The Morgan fingerprint density at radius 2 is 2.35 bits per heavy atom. The van der Waals surface area contributed by atoms with E-state index in [2.05, 4.69) is 10.3 Å². The smallest absolute Gasteiger partial charge is 0.228 e. The molecule has 2 heterocycles. The Bertz CT molecular complexity index is 586. The van der Waals surface area contributed by atoms with Crippen molar-refractivity contribution >= 4 is 11.5 Å². The first-order chi connectivity index (χ1) is 8.25. The van der Waals surface area contributed by atoms with Crippen molar-refractivity contribution in [3.63, 3.8) is 0 Å². The number of anilines is 1. The Kier molecular flexibility index (Phi) is 2.21. The van der Waals surface area contributed by atoms with E-state index in [0.717, 1.165) is 18.7 Å². The highest BCUT2D eigenvalue weighted by Crippen LogP contribution is 2.23. The Balaban J connectivity index is 2.00. The lowest BCUT2D eigenvalue weighted by molar-refractivity contribution is 0.102. The summed E-state index contributed by atoms with van der Waals surface area (Å²) in [6.07, 6.45) is 4.40. The van der Waals surface area contributed by atoms with Crippen molar-refractivity contribution in [2.45, 2.75) is 6.42 Å². The number of aromatic nitrogens is 2. The van der Waals surface area contributed by atoms with Crippen molar-refractivity contribution in [3.05, 3.63) is 47.5 Å². The molecule has 0 saturated heterocycles. The van der Waals surface area contributed by atoms with Crippen LogP contribution in [0.3, 0.4) is 0 Å². The largest absolute Gasteiger partial charge is 0.384 e. The number of rotatable bonds is 2. The second kappa shape index (κ2) is 3.73. The first kappa shape index (κ1) is 10.1. The summed E-state index contributed by atoms with van der Waals surface area (Å²) in [6, 6.07) is 5.79. The van der Waals surface area contributed by atoms with Crippen molar-refractivity contribution in [1.82, 2.24) is 9.55 Å². The van der Waals surface area contributed by atoms with Gasteiger partial charge in [0.25, 0.3) is 0 Å². The summed E-state index contributed by atoms with van der Waals surface area (Å²) >= 11 is 0. The fraction of sp³-hybridized carbons (Fsp3) is 0.231. The van der Waals surface area contributed by atoms with E-state index in [1.807, 2.05) is 25.2 Å². The van der Waals surface area contributed by atoms with E-state index in [4.69, 9.17) is 0 Å². The van der Waals surface area contributed by atoms with Crippen LogP contribution in [0.4, 0.5) is 5.69 Å². The van der Waals surface area contributed by atoms with E-state index in [9.17, 15) is 4.79 Å². The Hall–Kier alpha value is -2.10. The van der Waals surface area contributed by atoms with Crippen LogP contribution < -0.4 is 5.32 Å². The zero-order chi connectivity index (χ0) is 11.8. The summed E-state index contributed by atoms with van der Waals surface area (Å²) in [5, 5.41) is 3.28. The van der Waals surface area contributed by atoms with Crippen molar-refractivity contribution in [2.24, 2.45) is 7.05 Å². The number of fused-ring (bicyclic) bond motifs is 1. The number of hydrogen-bond acceptors (Lipinski definition) is 3. The maximum atomic E-state index is 12.2. The first-order valence-electron chi connectivity index (χ1n) is 5.64. The lowest BCUT2D eigenvalue weighted by Gasteiger charge is -2.04. The standard InChI is InChI=1S/C13H13N3O/c1-16-7-6-15-13(16)12(17)10-2-3-11-9(8-10)4-5-14-11/h2-3,6-8,14H,4-5H2,1H3. The van der Waals surface area contributed by atoms with Gasteiger partial charge in [0.15, 0.2) is 5.82 Å². The van der Waals surface area contributed by atoms with E-state index in [0.29, 0.717) is 11.4 Å². The number of carbonyl (C=O) groups excluding carboxylic acids is 1. The van der Waals surface area contributed by atoms with Gasteiger partial charge in [-0.3, -0.25) is 4.79 Å². The molecule has 0 saturated carbocycles. The van der Waals surface area contributed by atoms with Gasteiger partial charge >= 0.3 is 0 Å². The summed E-state index contributed by atoms with van der Waals surface area (Å²) in [5.41, 5.74) is 3.06. The van der Waals surface area contributed by atoms with Gasteiger partial charge in [0.05, 0.1) is 0 Å². The fourth-order valence-electron chi connectivity index (χ4n) is 2.16. The predicted molar refractivity (Wildman–Crippen MR) is 65.3 cm³/mol. The first-order valence-corrected chi connectivity index (χ1v) is 5.64. The molecule has 3 rings (SSSR count). The van der Waals surface area contributed by atoms with Gasteiger partial charge in [0, 0.05) is 37.2 Å². The molecule has 0 spiro atoms. The minimum Gasteiger partial charge on any atom is -0.384 e. The highest BCUT2D eigenvalue weighted by Gasteiger charge is 2.17. The summed E-state index contributed by atoms with van der Waals surface area (Å²) in [5.74, 6) is 0.461. The van der Waals surface area contributed by atoms with Gasteiger partial charge in [-0.1, -0.05) is 0 Å². The molecule has 0 atom stereocenters. The lowest BCUT2D eigenvalue weighted by Crippen LogP contribution is -2.08. The third kappa shape index (κ3) is 1.62. The normalized spacial score (nSPS) is 13.2. The summed E-state index contributed by atoms with van der Waals surface area (Å²) < 4.78 is 1.74. The molecule has 0 bridgehead atoms. The molecule has 0 fully saturated rings. The summed E-state index contributed by atoms with van der Waals surface area (Å²) in [6.45, 7) is 0.954. The highest BCUT2D eigenvalue weighted by atomic mass is 16.1. The molecule has 0 unspecified atom stereocenters. The van der Waals surface area contributed by atoms with Gasteiger partial charge in [0.2, 0.25) is 5.78 Å². The van der Waals surface area contributed by atoms with Gasteiger partial charge < -0.3 is 9.88 Å². The van der Waals surface area contributed by atoms with Crippen LogP contribution in [0.2, 0.25) is 0 Å². The molecule has 0 radical (unpaired) electrons. The average molecular weight is 227 g/mol. The zero-order valence-electron chi connectivity index (χ0n) is 9.60. The molecule has 0 aliphatic carbocycles. The van der Waals surface area contributed by atoms with Crippen LogP contribution in [0.25, 0.3) is 0 Å². The molecule has 1 aliphatic rings. The number of nitrogens with zero attached hydrogens (tertiary/aromatic N) is 2. The van der Waals surface area contributed by atoms with Crippen LogP contribution in [0.5, 0.6) is 0 Å². The Labute approximate surface area is 99.3 Å². The second-order valence-electron chi connectivity index (χ2n) is 4.24. The third-order valence-electron chi connectivity index (χ3n) is 3.10. The number of ketones is 1. The zero-order valence-corrected chi connectivity index (χ0v) is 9.60. The van der Waals surface area contributed by atoms with Crippen LogP contribution in [0, 0.1) is 0 Å². The molecule has 4 heteroatoms. The van der Waals surface area contributed by atoms with Crippen LogP contribution in [0.1, 0.15) is 21.7 Å². The van der Waals surface area contributed by atoms with Crippen molar-refractivity contribution in [3.8, 4) is 0 Å². The van der Waals surface area contributed by atoms with Crippen LogP contribution in [-0.2, 0) is 13.5 Å². The SMILES string of the molecule is Cn1ccnc1C(=O)c1ccc2c(c1)CCN2. The maximum Gasteiger partial charge on any atom is 0.228 e. The molecular weight excluding hydrogens is 214 g/mol. The molecule has 4 nitrogen and oxygen atoms in total. The van der Waals surface area contributed by atoms with Crippen molar-refractivity contribution < 1.29 is 4.79 Å². The predicted octanol–water partition coefficient (Wildman–Crippen LogP) is 1.62. The fourth-order valence-corrected chi connectivity index (χ4v) is 2.16. The minimum absolute atomic E-state index is 0.0211. The number of imidazole rings is 1. The van der Waals surface area contributed by atoms with Gasteiger partial charge in [-0.05, 0) is 30.2 Å². The van der Waals surface area contributed by atoms with Crippen molar-refractivity contribution in [2.75, 3.05) is 11.9 Å². The van der Waals surface area contributed by atoms with Gasteiger partial charge in [-0.2, -0.15) is 0 Å². The lowest BCUT2D eigenvalue weighted by atomic mass is 10.0. The third-order valence-corrected chi connectivity index (χ3v) is 3.10. The molecule has 1 aliphatic heterocycles. The number of nitrogens with one attached hydrogen (secondary N) is 1. The molecule has 0 amide bonds. The second-order valence-corrected chi connectivity index (χ2v) is 4.24. The van der Waals surface area contributed by atoms with E-state index in [1.165, 1.54) is 5.56 Å². The molecule has 1 aromatic heterocycles. The molecule has 1 aromatic carbocycles. The number of hydrogen-bond donors (Lipinski definition) is 1. The van der Waals surface area contributed by atoms with E-state index < -0.39 is 0 Å². The Morgan fingerprint density at radius 3 is 3.12 bits per heavy atom. The van der Waals surface area contributed by atoms with E-state index in [-0.39, 0.29) is 5.78 Å². The van der Waals surface area contributed by atoms with Crippen molar-refractivity contribution in [1.29, 1.82) is 0 Å². The molecular formula is C13H13N3O. The van der Waals surface area contributed by atoms with E-state index >= 15 is 0 Å². The molecule has 1 N–H and O–H groups in total. The number of carbonyl (C=O) groups is 1. The van der Waals surface area contributed by atoms with Gasteiger partial charge in [-0.15, -0.1) is 0 Å². The molecule has 86 valence electrons. The monoisotopic (exact) mass is 227 g/mol. The van der Waals surface area contributed by atoms with Gasteiger partial charge in [0.1, 0.15) is 0 Å². The summed E-state index contributed by atoms with van der Waals surface area (Å²) in [4.78, 5) is 16.3. The highest BCUT2D eigenvalue weighted by molar-refractivity contribution is 6.07. The molecule has 17 heavy (non-hydrogen) atoms. The van der Waals surface area contributed by atoms with Crippen LogP contribution >= 0.6 is 0 Å².